The van der Waals surface area contributed by atoms with Crippen molar-refractivity contribution in [1.82, 2.24) is 0 Å². The van der Waals surface area contributed by atoms with Crippen LogP contribution >= 0.6 is 0 Å². The summed E-state index contributed by atoms with van der Waals surface area (Å²) >= 11 is 0. The molecule has 0 aliphatic carbocycles. The standard InChI is InChI=1S/C17H28O12/c1-6-11(20)14(23)16(10(27-6)5-26-8(3)19)29-17-15(24)13(22)12(21)9(28-17)4-25-7(2)18/h6,9-17,20-24H,4-5H2,1-3H3/t6?,9?,10?,11?,12-,13+,14-,15?,16-,17+/m1/s1. The number of rotatable bonds is 6. The summed E-state index contributed by atoms with van der Waals surface area (Å²) in [5.41, 5.74) is 0. The fraction of sp³-hybridized carbons (Fsp3) is 0.882. The van der Waals surface area contributed by atoms with Gasteiger partial charge in [0.1, 0.15) is 62.0 Å². The third-order valence-corrected chi connectivity index (χ3v) is 4.78. The second kappa shape index (κ2) is 10.1. The van der Waals surface area contributed by atoms with Crippen molar-refractivity contribution in [2.24, 2.45) is 0 Å². The summed E-state index contributed by atoms with van der Waals surface area (Å²) in [6.45, 7) is 3.11. The number of aliphatic hydroxyl groups is 5. The van der Waals surface area contributed by atoms with E-state index in [9.17, 15) is 35.1 Å². The second-order valence-corrected chi connectivity index (χ2v) is 7.08. The first kappa shape index (κ1) is 23.9. The SMILES string of the molecule is CC(=O)OCC1O[C@@H](O[C@@H]2C(COC(C)=O)OC(C)C(O)[C@H]2O)C(O)[C@@H](O)[C@@H]1O. The number of hydrogen-bond acceptors (Lipinski definition) is 12. The summed E-state index contributed by atoms with van der Waals surface area (Å²) in [6.07, 6.45) is -13.8. The van der Waals surface area contributed by atoms with E-state index in [0.29, 0.717) is 0 Å². The van der Waals surface area contributed by atoms with Gasteiger partial charge in [0.25, 0.3) is 0 Å². The average Bonchev–Trinajstić information content (AvgIpc) is 2.65. The van der Waals surface area contributed by atoms with Gasteiger partial charge in [-0.3, -0.25) is 9.59 Å². The van der Waals surface area contributed by atoms with E-state index in [1.807, 2.05) is 0 Å². The lowest BCUT2D eigenvalue weighted by molar-refractivity contribution is -0.341. The van der Waals surface area contributed by atoms with Crippen LogP contribution in [0, 0.1) is 0 Å². The first-order valence-electron chi connectivity index (χ1n) is 9.16. The third-order valence-electron chi connectivity index (χ3n) is 4.78. The molecule has 5 N–H and O–H groups in total. The molecule has 0 aromatic carbocycles. The minimum atomic E-state index is -1.73. The van der Waals surface area contributed by atoms with Gasteiger partial charge in [0.15, 0.2) is 6.29 Å². The van der Waals surface area contributed by atoms with Crippen LogP contribution in [0.3, 0.4) is 0 Å². The Labute approximate surface area is 166 Å². The van der Waals surface area contributed by atoms with E-state index < -0.39 is 79.8 Å². The van der Waals surface area contributed by atoms with E-state index in [-0.39, 0.29) is 6.61 Å². The van der Waals surface area contributed by atoms with Crippen LogP contribution in [0.25, 0.3) is 0 Å². The van der Waals surface area contributed by atoms with Crippen LogP contribution in [0.5, 0.6) is 0 Å². The molecule has 0 radical (unpaired) electrons. The van der Waals surface area contributed by atoms with Crippen molar-refractivity contribution >= 4 is 11.9 Å². The van der Waals surface area contributed by atoms with Crippen molar-refractivity contribution in [3.63, 3.8) is 0 Å². The molecule has 5 unspecified atom stereocenters. The molecule has 2 aliphatic heterocycles. The van der Waals surface area contributed by atoms with E-state index >= 15 is 0 Å². The van der Waals surface area contributed by atoms with Crippen LogP contribution in [-0.4, -0.2) is 112 Å². The molecule has 10 atom stereocenters. The van der Waals surface area contributed by atoms with Crippen LogP contribution in [0.2, 0.25) is 0 Å². The van der Waals surface area contributed by atoms with Crippen LogP contribution in [-0.2, 0) is 33.3 Å². The molecule has 12 heteroatoms. The first-order chi connectivity index (χ1) is 13.5. The minimum absolute atomic E-state index is 0.307. The van der Waals surface area contributed by atoms with Crippen LogP contribution in [0.1, 0.15) is 20.8 Å². The topological polar surface area (TPSA) is 181 Å². The minimum Gasteiger partial charge on any atom is -0.463 e. The fourth-order valence-corrected chi connectivity index (χ4v) is 3.15. The largest absolute Gasteiger partial charge is 0.463 e. The molecule has 0 bridgehead atoms. The Morgan fingerprint density at radius 3 is 1.86 bits per heavy atom. The maximum atomic E-state index is 11.1. The number of aliphatic hydroxyl groups excluding tert-OH is 5. The normalized spacial score (nSPS) is 42.9. The lowest BCUT2D eigenvalue weighted by Crippen LogP contribution is -2.64. The van der Waals surface area contributed by atoms with Crippen molar-refractivity contribution in [1.29, 1.82) is 0 Å². The quantitative estimate of drug-likeness (QED) is 0.270. The Hall–Kier alpha value is -1.38. The number of carbonyl (C=O) groups excluding carboxylic acids is 2. The molecule has 168 valence electrons. The summed E-state index contributed by atoms with van der Waals surface area (Å²) in [6, 6.07) is 0. The molecule has 0 amide bonds. The van der Waals surface area contributed by atoms with E-state index in [4.69, 9.17) is 23.7 Å². The molecule has 0 aromatic rings. The van der Waals surface area contributed by atoms with Crippen LogP contribution in [0.15, 0.2) is 0 Å². The lowest BCUT2D eigenvalue weighted by Gasteiger charge is -2.45. The number of esters is 2. The van der Waals surface area contributed by atoms with E-state index in [1.54, 1.807) is 0 Å². The van der Waals surface area contributed by atoms with Crippen molar-refractivity contribution in [3.05, 3.63) is 0 Å². The maximum absolute atomic E-state index is 11.1. The zero-order chi connectivity index (χ0) is 21.9. The highest BCUT2D eigenvalue weighted by atomic mass is 16.7. The van der Waals surface area contributed by atoms with Gasteiger partial charge >= 0.3 is 11.9 Å². The molecule has 29 heavy (non-hydrogen) atoms. The maximum Gasteiger partial charge on any atom is 0.302 e. The Morgan fingerprint density at radius 1 is 0.759 bits per heavy atom. The molecule has 2 aliphatic rings. The molecule has 2 rings (SSSR count). The van der Waals surface area contributed by atoms with Gasteiger partial charge in [0, 0.05) is 13.8 Å². The second-order valence-electron chi connectivity index (χ2n) is 7.08. The fourth-order valence-electron chi connectivity index (χ4n) is 3.15. The van der Waals surface area contributed by atoms with Gasteiger partial charge in [-0.25, -0.2) is 0 Å². The average molecular weight is 424 g/mol. The zero-order valence-electron chi connectivity index (χ0n) is 16.3. The summed E-state index contributed by atoms with van der Waals surface area (Å²) in [4.78, 5) is 22.1. The molecule has 2 fully saturated rings. The van der Waals surface area contributed by atoms with E-state index in [1.165, 1.54) is 13.8 Å². The number of hydrogen-bond donors (Lipinski definition) is 5. The van der Waals surface area contributed by atoms with Crippen molar-refractivity contribution in [2.45, 2.75) is 82.0 Å². The molecule has 0 spiro atoms. The van der Waals surface area contributed by atoms with Crippen molar-refractivity contribution in [3.8, 4) is 0 Å². The molecular formula is C17H28O12. The van der Waals surface area contributed by atoms with Crippen LogP contribution in [0.4, 0.5) is 0 Å². The predicted molar refractivity (Wildman–Crippen MR) is 91.2 cm³/mol. The van der Waals surface area contributed by atoms with E-state index in [0.717, 1.165) is 6.92 Å². The Kier molecular flexibility index (Phi) is 8.31. The van der Waals surface area contributed by atoms with Crippen molar-refractivity contribution < 1.29 is 58.8 Å². The Balaban J connectivity index is 2.14. The monoisotopic (exact) mass is 424 g/mol. The lowest BCUT2D eigenvalue weighted by atomic mass is 9.95. The van der Waals surface area contributed by atoms with E-state index in [2.05, 4.69) is 0 Å². The van der Waals surface area contributed by atoms with Gasteiger partial charge in [-0.1, -0.05) is 0 Å². The van der Waals surface area contributed by atoms with Crippen LogP contribution < -0.4 is 0 Å². The van der Waals surface area contributed by atoms with Gasteiger partial charge in [0.2, 0.25) is 0 Å². The first-order valence-corrected chi connectivity index (χ1v) is 9.16. The van der Waals surface area contributed by atoms with Gasteiger partial charge < -0.3 is 49.2 Å². The molecule has 2 heterocycles. The third kappa shape index (κ3) is 5.83. The summed E-state index contributed by atoms with van der Waals surface area (Å²) in [5, 5.41) is 50.8. The summed E-state index contributed by atoms with van der Waals surface area (Å²) < 4.78 is 26.2. The smallest absolute Gasteiger partial charge is 0.302 e. The Morgan fingerprint density at radius 2 is 1.31 bits per heavy atom. The van der Waals surface area contributed by atoms with Gasteiger partial charge in [-0.2, -0.15) is 0 Å². The van der Waals surface area contributed by atoms with Gasteiger partial charge in [-0.15, -0.1) is 0 Å². The number of carbonyl (C=O) groups is 2. The molecular weight excluding hydrogens is 396 g/mol. The predicted octanol–water partition coefficient (Wildman–Crippen LogP) is -3.19. The Bertz CT molecular complexity index is 571. The highest BCUT2D eigenvalue weighted by molar-refractivity contribution is 5.66. The summed E-state index contributed by atoms with van der Waals surface area (Å²) in [5.74, 6) is -1.25. The highest BCUT2D eigenvalue weighted by Gasteiger charge is 2.50. The number of ether oxygens (including phenoxy) is 5. The summed E-state index contributed by atoms with van der Waals surface area (Å²) in [7, 11) is 0. The van der Waals surface area contributed by atoms with Crippen molar-refractivity contribution in [2.75, 3.05) is 13.2 Å². The molecule has 0 saturated carbocycles. The van der Waals surface area contributed by atoms with Gasteiger partial charge in [-0.05, 0) is 6.92 Å². The van der Waals surface area contributed by atoms with Gasteiger partial charge in [0.05, 0.1) is 6.10 Å². The molecule has 12 nitrogen and oxygen atoms in total. The molecule has 2 saturated heterocycles. The zero-order valence-corrected chi connectivity index (χ0v) is 16.3. The molecule has 0 aromatic heterocycles. The highest BCUT2D eigenvalue weighted by Crippen LogP contribution is 2.29.